The molecule has 31 heavy (non-hydrogen) atoms. The number of nitrogens with one attached hydrogen (secondary N) is 2. The molecule has 1 heterocycles. The van der Waals surface area contributed by atoms with Crippen molar-refractivity contribution in [2.24, 2.45) is 7.05 Å². The molecule has 0 saturated carbocycles. The van der Waals surface area contributed by atoms with E-state index in [4.69, 9.17) is 4.74 Å². The first-order valence-electron chi connectivity index (χ1n) is 9.54. The van der Waals surface area contributed by atoms with Crippen molar-refractivity contribution in [2.45, 2.75) is 18.5 Å². The Morgan fingerprint density at radius 3 is 2.52 bits per heavy atom. The molecule has 0 unspecified atom stereocenters. The predicted molar refractivity (Wildman–Crippen MR) is 117 cm³/mol. The minimum atomic E-state index is -0.500. The topological polar surface area (TPSA) is 98.1 Å². The number of hydrogen-bond acceptors (Lipinski definition) is 6. The molecular formula is C21H22FN5O3S. The van der Waals surface area contributed by atoms with Crippen molar-refractivity contribution in [1.29, 1.82) is 0 Å². The summed E-state index contributed by atoms with van der Waals surface area (Å²) in [5.41, 5.74) is 0.771. The standard InChI is InChI=1S/C21H22FN5O3S/c1-3-30-15-10-8-14(9-11-15)23-19(28)12-18-25-26-21(27(18)2)31-13-20(29)24-17-7-5-4-6-16(17)22/h4-11H,3,12-13H2,1-2H3,(H,23,28)(H,24,29). The molecule has 0 atom stereocenters. The molecule has 1 aromatic heterocycles. The number of benzene rings is 2. The maximum absolute atomic E-state index is 13.6. The average Bonchev–Trinajstić information content (AvgIpc) is 3.09. The Labute approximate surface area is 183 Å². The summed E-state index contributed by atoms with van der Waals surface area (Å²) in [6.07, 6.45) is 0.0265. The number of halogens is 1. The number of rotatable bonds is 9. The molecule has 0 aliphatic carbocycles. The Hall–Kier alpha value is -3.40. The maximum atomic E-state index is 13.6. The van der Waals surface area contributed by atoms with Crippen molar-refractivity contribution in [3.8, 4) is 5.75 Å². The van der Waals surface area contributed by atoms with Crippen molar-refractivity contribution in [3.63, 3.8) is 0 Å². The lowest BCUT2D eigenvalue weighted by Crippen LogP contribution is -2.17. The second-order valence-electron chi connectivity index (χ2n) is 6.46. The van der Waals surface area contributed by atoms with Gasteiger partial charge in [0, 0.05) is 12.7 Å². The van der Waals surface area contributed by atoms with Crippen molar-refractivity contribution >= 4 is 35.0 Å². The molecule has 0 aliphatic heterocycles. The van der Waals surface area contributed by atoms with Crippen molar-refractivity contribution in [2.75, 3.05) is 23.0 Å². The molecule has 10 heteroatoms. The number of carbonyl (C=O) groups is 2. The molecule has 0 saturated heterocycles. The van der Waals surface area contributed by atoms with Crippen LogP contribution in [0.15, 0.2) is 53.7 Å². The number of carbonyl (C=O) groups excluding carboxylic acids is 2. The molecule has 8 nitrogen and oxygen atoms in total. The van der Waals surface area contributed by atoms with Crippen LogP contribution in [0, 0.1) is 5.82 Å². The van der Waals surface area contributed by atoms with Crippen LogP contribution in [0.5, 0.6) is 5.75 Å². The lowest BCUT2D eigenvalue weighted by molar-refractivity contribution is -0.116. The summed E-state index contributed by atoms with van der Waals surface area (Å²) in [6.45, 7) is 2.47. The molecule has 2 aromatic carbocycles. The van der Waals surface area contributed by atoms with Gasteiger partial charge in [-0.1, -0.05) is 23.9 Å². The monoisotopic (exact) mass is 443 g/mol. The largest absolute Gasteiger partial charge is 0.494 e. The molecule has 0 spiro atoms. The fourth-order valence-corrected chi connectivity index (χ4v) is 3.38. The number of para-hydroxylation sites is 1. The third-order valence-electron chi connectivity index (χ3n) is 4.17. The summed E-state index contributed by atoms with van der Waals surface area (Å²) in [5.74, 6) is 0.107. The summed E-state index contributed by atoms with van der Waals surface area (Å²) in [7, 11) is 1.72. The van der Waals surface area contributed by atoms with Gasteiger partial charge in [-0.25, -0.2) is 4.39 Å². The van der Waals surface area contributed by atoms with Crippen LogP contribution >= 0.6 is 11.8 Å². The van der Waals surface area contributed by atoms with Crippen LogP contribution in [0.3, 0.4) is 0 Å². The van der Waals surface area contributed by atoms with Crippen LogP contribution in [0.2, 0.25) is 0 Å². The lowest BCUT2D eigenvalue weighted by Gasteiger charge is -2.08. The highest BCUT2D eigenvalue weighted by Crippen LogP contribution is 2.19. The van der Waals surface area contributed by atoms with Gasteiger partial charge in [-0.15, -0.1) is 10.2 Å². The van der Waals surface area contributed by atoms with E-state index in [1.54, 1.807) is 48.0 Å². The Morgan fingerprint density at radius 1 is 1.06 bits per heavy atom. The predicted octanol–water partition coefficient (Wildman–Crippen LogP) is 3.26. The van der Waals surface area contributed by atoms with Crippen LogP contribution in [0.25, 0.3) is 0 Å². The minimum Gasteiger partial charge on any atom is -0.494 e. The molecule has 2 amide bonds. The highest BCUT2D eigenvalue weighted by Gasteiger charge is 2.15. The first-order valence-corrected chi connectivity index (χ1v) is 10.5. The van der Waals surface area contributed by atoms with Crippen LogP contribution < -0.4 is 15.4 Å². The molecule has 0 fully saturated rings. The molecule has 3 rings (SSSR count). The van der Waals surface area contributed by atoms with E-state index in [0.29, 0.717) is 23.3 Å². The summed E-state index contributed by atoms with van der Waals surface area (Å²) in [6, 6.07) is 13.0. The quantitative estimate of drug-likeness (QED) is 0.493. The van der Waals surface area contributed by atoms with Gasteiger partial charge in [0.1, 0.15) is 17.4 Å². The number of aromatic nitrogens is 3. The maximum Gasteiger partial charge on any atom is 0.234 e. The zero-order valence-corrected chi connectivity index (χ0v) is 17.9. The summed E-state index contributed by atoms with van der Waals surface area (Å²) in [4.78, 5) is 24.4. The van der Waals surface area contributed by atoms with Gasteiger partial charge >= 0.3 is 0 Å². The second-order valence-corrected chi connectivity index (χ2v) is 7.40. The van der Waals surface area contributed by atoms with Gasteiger partial charge in [0.15, 0.2) is 5.16 Å². The molecule has 0 aliphatic rings. The van der Waals surface area contributed by atoms with Crippen LogP contribution in [-0.2, 0) is 23.1 Å². The Kier molecular flexibility index (Phi) is 7.60. The number of thioether (sulfide) groups is 1. The fraction of sp³-hybridized carbons (Fsp3) is 0.238. The highest BCUT2D eigenvalue weighted by atomic mass is 32.2. The Morgan fingerprint density at radius 2 is 1.81 bits per heavy atom. The SMILES string of the molecule is CCOc1ccc(NC(=O)Cc2nnc(SCC(=O)Nc3ccccc3F)n2C)cc1. The number of ether oxygens (including phenoxy) is 1. The first kappa shape index (κ1) is 22.3. The fourth-order valence-electron chi connectivity index (χ4n) is 2.65. The number of nitrogens with zero attached hydrogens (tertiary/aromatic N) is 3. The van der Waals surface area contributed by atoms with Crippen molar-refractivity contribution in [3.05, 3.63) is 60.2 Å². The molecule has 0 bridgehead atoms. The van der Waals surface area contributed by atoms with E-state index in [1.807, 2.05) is 6.92 Å². The highest BCUT2D eigenvalue weighted by molar-refractivity contribution is 7.99. The van der Waals surface area contributed by atoms with Gasteiger partial charge in [-0.3, -0.25) is 9.59 Å². The molecular weight excluding hydrogens is 421 g/mol. The minimum absolute atomic E-state index is 0.0265. The lowest BCUT2D eigenvalue weighted by atomic mass is 10.3. The van der Waals surface area contributed by atoms with Gasteiger partial charge in [0.2, 0.25) is 11.8 Å². The summed E-state index contributed by atoms with van der Waals surface area (Å²) in [5, 5.41) is 13.9. The van der Waals surface area contributed by atoms with Crippen molar-refractivity contribution < 1.29 is 18.7 Å². The normalized spacial score (nSPS) is 10.5. The number of hydrogen-bond donors (Lipinski definition) is 2. The van der Waals surface area contributed by atoms with E-state index in [2.05, 4.69) is 20.8 Å². The third-order valence-corrected chi connectivity index (χ3v) is 5.19. The molecule has 2 N–H and O–H groups in total. The second kappa shape index (κ2) is 10.6. The first-order chi connectivity index (χ1) is 15.0. The summed E-state index contributed by atoms with van der Waals surface area (Å²) >= 11 is 1.15. The summed E-state index contributed by atoms with van der Waals surface area (Å²) < 4.78 is 20.6. The van der Waals surface area contributed by atoms with Crippen LogP contribution in [-0.4, -0.2) is 38.9 Å². The average molecular weight is 444 g/mol. The van der Waals surface area contributed by atoms with Crippen LogP contribution in [0.1, 0.15) is 12.7 Å². The van der Waals surface area contributed by atoms with E-state index >= 15 is 0 Å². The van der Waals surface area contributed by atoms with Gasteiger partial charge in [0.25, 0.3) is 0 Å². The van der Waals surface area contributed by atoms with Gasteiger partial charge in [-0.05, 0) is 43.3 Å². The van der Waals surface area contributed by atoms with Gasteiger partial charge < -0.3 is 19.9 Å². The smallest absolute Gasteiger partial charge is 0.234 e. The Balaban J connectivity index is 1.51. The van der Waals surface area contributed by atoms with E-state index in [9.17, 15) is 14.0 Å². The molecule has 3 aromatic rings. The Bertz CT molecular complexity index is 1060. The molecule has 162 valence electrons. The van der Waals surface area contributed by atoms with E-state index < -0.39 is 5.82 Å². The van der Waals surface area contributed by atoms with E-state index in [0.717, 1.165) is 17.5 Å². The zero-order valence-electron chi connectivity index (χ0n) is 17.1. The van der Waals surface area contributed by atoms with Crippen molar-refractivity contribution in [1.82, 2.24) is 14.8 Å². The van der Waals surface area contributed by atoms with E-state index in [1.165, 1.54) is 12.1 Å². The number of amides is 2. The third kappa shape index (κ3) is 6.29. The zero-order chi connectivity index (χ0) is 22.2. The van der Waals surface area contributed by atoms with E-state index in [-0.39, 0.29) is 29.7 Å². The van der Waals surface area contributed by atoms with Gasteiger partial charge in [-0.2, -0.15) is 0 Å². The van der Waals surface area contributed by atoms with Crippen LogP contribution in [0.4, 0.5) is 15.8 Å². The number of anilines is 2. The molecule has 0 radical (unpaired) electrons. The van der Waals surface area contributed by atoms with Gasteiger partial charge in [0.05, 0.1) is 24.5 Å².